The Balaban J connectivity index is 1.41. The van der Waals surface area contributed by atoms with Crippen molar-refractivity contribution < 1.29 is 18.8 Å². The molecule has 1 unspecified atom stereocenters. The predicted molar refractivity (Wildman–Crippen MR) is 98.4 cm³/mol. The van der Waals surface area contributed by atoms with E-state index < -0.39 is 5.60 Å². The highest BCUT2D eigenvalue weighted by Crippen LogP contribution is 2.30. The van der Waals surface area contributed by atoms with Gasteiger partial charge in [0.05, 0.1) is 25.4 Å². The summed E-state index contributed by atoms with van der Waals surface area (Å²) in [6, 6.07) is 3.36. The van der Waals surface area contributed by atoms with Gasteiger partial charge in [0.15, 0.2) is 5.69 Å². The van der Waals surface area contributed by atoms with Gasteiger partial charge in [-0.2, -0.15) is 5.10 Å². The molecular formula is C18H24N6O4. The number of nitrogens with zero attached hydrogens (tertiary/aromatic N) is 5. The van der Waals surface area contributed by atoms with E-state index in [0.29, 0.717) is 56.5 Å². The van der Waals surface area contributed by atoms with Crippen molar-refractivity contribution in [2.45, 2.75) is 32.4 Å². The Bertz CT molecular complexity index is 906. The van der Waals surface area contributed by atoms with E-state index in [1.807, 2.05) is 6.92 Å². The molecule has 4 heterocycles. The summed E-state index contributed by atoms with van der Waals surface area (Å²) in [4.78, 5) is 28.9. The highest BCUT2D eigenvalue weighted by molar-refractivity contribution is 5.92. The summed E-state index contributed by atoms with van der Waals surface area (Å²) in [5.74, 6) is 0.820. The monoisotopic (exact) mass is 388 g/mol. The lowest BCUT2D eigenvalue weighted by Gasteiger charge is -2.40. The van der Waals surface area contributed by atoms with Crippen LogP contribution in [0.15, 0.2) is 16.7 Å². The lowest BCUT2D eigenvalue weighted by Crippen LogP contribution is -2.55. The SMILES string of the molecule is Cc1cc(N)n(CC(=O)N2CCC3(C2)CN(C(=O)c2cc(C)on2)CCO3)n1. The van der Waals surface area contributed by atoms with Crippen LogP contribution in [0, 0.1) is 13.8 Å². The minimum atomic E-state index is -0.548. The van der Waals surface area contributed by atoms with Gasteiger partial charge >= 0.3 is 0 Å². The van der Waals surface area contributed by atoms with Crippen LogP contribution in [-0.4, -0.2) is 74.9 Å². The van der Waals surface area contributed by atoms with E-state index in [1.54, 1.807) is 28.9 Å². The van der Waals surface area contributed by atoms with Crippen LogP contribution in [0.1, 0.15) is 28.4 Å². The van der Waals surface area contributed by atoms with E-state index >= 15 is 0 Å². The number of hydrogen-bond donors (Lipinski definition) is 1. The second-order valence-electron chi connectivity index (χ2n) is 7.51. The van der Waals surface area contributed by atoms with E-state index in [2.05, 4.69) is 10.3 Å². The van der Waals surface area contributed by atoms with E-state index in [0.717, 1.165) is 5.69 Å². The fraction of sp³-hybridized carbons (Fsp3) is 0.556. The Kier molecular flexibility index (Phi) is 4.58. The van der Waals surface area contributed by atoms with Crippen molar-refractivity contribution in [3.63, 3.8) is 0 Å². The summed E-state index contributed by atoms with van der Waals surface area (Å²) < 4.78 is 12.5. The van der Waals surface area contributed by atoms with Gasteiger partial charge in [-0.1, -0.05) is 5.16 Å². The van der Waals surface area contributed by atoms with Crippen LogP contribution < -0.4 is 5.73 Å². The Morgan fingerprint density at radius 3 is 2.68 bits per heavy atom. The van der Waals surface area contributed by atoms with Crippen molar-refractivity contribution in [3.05, 3.63) is 29.3 Å². The number of anilines is 1. The highest BCUT2D eigenvalue weighted by Gasteiger charge is 2.45. The first-order chi connectivity index (χ1) is 13.3. The van der Waals surface area contributed by atoms with Crippen molar-refractivity contribution in [2.75, 3.05) is 38.5 Å². The first kappa shape index (κ1) is 18.5. The number of amides is 2. The van der Waals surface area contributed by atoms with Crippen LogP contribution in [0.3, 0.4) is 0 Å². The summed E-state index contributed by atoms with van der Waals surface area (Å²) >= 11 is 0. The van der Waals surface area contributed by atoms with Crippen molar-refractivity contribution >= 4 is 17.6 Å². The summed E-state index contributed by atoms with van der Waals surface area (Å²) in [7, 11) is 0. The molecule has 150 valence electrons. The molecule has 2 fully saturated rings. The maximum atomic E-state index is 12.7. The molecule has 28 heavy (non-hydrogen) atoms. The van der Waals surface area contributed by atoms with Gasteiger partial charge in [-0.05, 0) is 20.3 Å². The average Bonchev–Trinajstić information content (AvgIpc) is 3.35. The number of aromatic nitrogens is 3. The molecule has 2 aliphatic heterocycles. The minimum Gasteiger partial charge on any atom is -0.384 e. The zero-order valence-electron chi connectivity index (χ0n) is 16.1. The minimum absolute atomic E-state index is 0.0640. The summed E-state index contributed by atoms with van der Waals surface area (Å²) in [6.45, 7) is 6.03. The Morgan fingerprint density at radius 1 is 1.21 bits per heavy atom. The normalized spacial score (nSPS) is 22.2. The number of morpholine rings is 1. The van der Waals surface area contributed by atoms with Crippen LogP contribution >= 0.6 is 0 Å². The van der Waals surface area contributed by atoms with Crippen molar-refractivity contribution in [3.8, 4) is 0 Å². The molecule has 4 rings (SSSR count). The zero-order valence-corrected chi connectivity index (χ0v) is 16.1. The molecule has 2 aromatic rings. The van der Waals surface area contributed by atoms with Gasteiger partial charge in [0.2, 0.25) is 5.91 Å². The number of likely N-dealkylation sites (tertiary alicyclic amines) is 1. The lowest BCUT2D eigenvalue weighted by atomic mass is 10.0. The van der Waals surface area contributed by atoms with Crippen LogP contribution in [0.4, 0.5) is 5.82 Å². The molecule has 2 saturated heterocycles. The standard InChI is InChI=1S/C18H24N6O4/c1-12-7-15(19)24(20-12)9-16(25)22-4-3-18(10-22)11-23(5-6-27-18)17(26)14-8-13(2)28-21-14/h7-8H,3-6,9-11,19H2,1-2H3. The van der Waals surface area contributed by atoms with Gasteiger partial charge in [0.1, 0.15) is 23.7 Å². The first-order valence-electron chi connectivity index (χ1n) is 9.29. The van der Waals surface area contributed by atoms with Crippen molar-refractivity contribution in [1.29, 1.82) is 0 Å². The fourth-order valence-corrected chi connectivity index (χ4v) is 3.87. The molecule has 2 aromatic heterocycles. The van der Waals surface area contributed by atoms with Crippen LogP contribution in [0.5, 0.6) is 0 Å². The second kappa shape index (κ2) is 6.93. The zero-order chi connectivity index (χ0) is 19.9. The van der Waals surface area contributed by atoms with Gasteiger partial charge in [-0.3, -0.25) is 9.59 Å². The number of carbonyl (C=O) groups excluding carboxylic acids is 2. The fourth-order valence-electron chi connectivity index (χ4n) is 3.87. The van der Waals surface area contributed by atoms with Crippen LogP contribution in [-0.2, 0) is 16.1 Å². The molecule has 1 atom stereocenters. The number of aryl methyl sites for hydroxylation is 2. The maximum absolute atomic E-state index is 12.7. The number of nitrogen functional groups attached to an aromatic ring is 1. The molecule has 0 bridgehead atoms. The molecule has 2 amide bonds. The molecule has 0 saturated carbocycles. The number of carbonyl (C=O) groups is 2. The van der Waals surface area contributed by atoms with Crippen LogP contribution in [0.25, 0.3) is 0 Å². The molecule has 0 radical (unpaired) electrons. The Hall–Kier alpha value is -2.88. The molecule has 2 aliphatic rings. The molecule has 1 spiro atoms. The predicted octanol–water partition coefficient (Wildman–Crippen LogP) is 0.214. The van der Waals surface area contributed by atoms with Gasteiger partial charge < -0.3 is 24.8 Å². The number of ether oxygens (including phenoxy) is 1. The number of hydrogen-bond acceptors (Lipinski definition) is 7. The number of rotatable bonds is 3. The second-order valence-corrected chi connectivity index (χ2v) is 7.51. The van der Waals surface area contributed by atoms with Crippen molar-refractivity contribution in [2.24, 2.45) is 0 Å². The van der Waals surface area contributed by atoms with Crippen LogP contribution in [0.2, 0.25) is 0 Å². The van der Waals surface area contributed by atoms with E-state index in [4.69, 9.17) is 15.0 Å². The molecule has 10 nitrogen and oxygen atoms in total. The smallest absolute Gasteiger partial charge is 0.276 e. The topological polar surface area (TPSA) is 120 Å². The van der Waals surface area contributed by atoms with Gasteiger partial charge in [0.25, 0.3) is 5.91 Å². The average molecular weight is 388 g/mol. The maximum Gasteiger partial charge on any atom is 0.276 e. The highest BCUT2D eigenvalue weighted by atomic mass is 16.5. The Labute approximate surface area is 162 Å². The molecule has 0 aromatic carbocycles. The molecular weight excluding hydrogens is 364 g/mol. The quantitative estimate of drug-likeness (QED) is 0.798. The summed E-state index contributed by atoms with van der Waals surface area (Å²) in [5.41, 5.74) is 6.40. The van der Waals surface area contributed by atoms with Gasteiger partial charge in [-0.25, -0.2) is 4.68 Å². The number of nitrogens with two attached hydrogens (primary N) is 1. The van der Waals surface area contributed by atoms with Gasteiger partial charge in [-0.15, -0.1) is 0 Å². The molecule has 0 aliphatic carbocycles. The van der Waals surface area contributed by atoms with E-state index in [-0.39, 0.29) is 18.4 Å². The van der Waals surface area contributed by atoms with E-state index in [9.17, 15) is 9.59 Å². The lowest BCUT2D eigenvalue weighted by molar-refractivity contribution is -0.134. The molecule has 10 heteroatoms. The third kappa shape index (κ3) is 3.47. The molecule has 2 N–H and O–H groups in total. The first-order valence-corrected chi connectivity index (χ1v) is 9.29. The largest absolute Gasteiger partial charge is 0.384 e. The van der Waals surface area contributed by atoms with Crippen molar-refractivity contribution in [1.82, 2.24) is 24.7 Å². The summed E-state index contributed by atoms with van der Waals surface area (Å²) in [6.07, 6.45) is 0.675. The van der Waals surface area contributed by atoms with Gasteiger partial charge in [0, 0.05) is 25.2 Å². The van der Waals surface area contributed by atoms with E-state index in [1.165, 1.54) is 4.68 Å². The third-order valence-corrected chi connectivity index (χ3v) is 5.27. The third-order valence-electron chi connectivity index (χ3n) is 5.27. The summed E-state index contributed by atoms with van der Waals surface area (Å²) in [5, 5.41) is 8.05. The Morgan fingerprint density at radius 2 is 2.00 bits per heavy atom.